The Morgan fingerprint density at radius 1 is 0.667 bits per heavy atom. The van der Waals surface area contributed by atoms with Gasteiger partial charge in [-0.1, -0.05) is 97.9 Å². The fourth-order valence-corrected chi connectivity index (χ4v) is 4.97. The molecule has 0 saturated carbocycles. The number of hydrogen-bond acceptors (Lipinski definition) is 3. The normalized spacial score (nSPS) is 12.8. The van der Waals surface area contributed by atoms with E-state index in [9.17, 15) is 0 Å². The molecule has 0 unspecified atom stereocenters. The maximum atomic E-state index is 5.22. The molecule has 0 bridgehead atoms. The van der Waals surface area contributed by atoms with E-state index in [1.165, 1.54) is 27.8 Å². The van der Waals surface area contributed by atoms with Crippen LogP contribution in [-0.2, 0) is 6.42 Å². The van der Waals surface area contributed by atoms with Gasteiger partial charge in [-0.2, -0.15) is 0 Å². The minimum atomic E-state index is 0.365. The number of hydrogen-bond donors (Lipinski definition) is 0. The molecule has 0 aliphatic heterocycles. The summed E-state index contributed by atoms with van der Waals surface area (Å²) in [6.45, 7) is 26.0. The third-order valence-corrected chi connectivity index (χ3v) is 7.24. The second kappa shape index (κ2) is 13.2. The molecule has 3 nitrogen and oxygen atoms in total. The summed E-state index contributed by atoms with van der Waals surface area (Å²) in [7, 11) is 0. The lowest BCUT2D eigenvalue weighted by atomic mass is 9.89. The van der Waals surface area contributed by atoms with Crippen molar-refractivity contribution in [1.29, 1.82) is 0 Å². The zero-order valence-electron chi connectivity index (χ0n) is 25.8. The first-order valence-corrected chi connectivity index (χ1v) is 14.4. The molecule has 3 heteroatoms. The fraction of sp³-hybridized carbons (Fsp3) is 0.417. The number of benzene rings is 2. The van der Waals surface area contributed by atoms with Crippen molar-refractivity contribution in [3.05, 3.63) is 100 Å². The van der Waals surface area contributed by atoms with Gasteiger partial charge in [0.15, 0.2) is 0 Å². The molecule has 0 spiro atoms. The van der Waals surface area contributed by atoms with Crippen molar-refractivity contribution in [3.8, 4) is 0 Å². The van der Waals surface area contributed by atoms with Crippen LogP contribution in [0, 0.1) is 0 Å². The van der Waals surface area contributed by atoms with Crippen LogP contribution in [0.1, 0.15) is 132 Å². The van der Waals surface area contributed by atoms with E-state index < -0.39 is 0 Å². The second-order valence-electron chi connectivity index (χ2n) is 11.8. The number of nitrogens with zero attached hydrogens (tertiary/aromatic N) is 3. The van der Waals surface area contributed by atoms with Gasteiger partial charge in [-0.05, 0) is 83.9 Å². The molecule has 206 valence electrons. The Bertz CT molecular complexity index is 1310. The summed E-state index contributed by atoms with van der Waals surface area (Å²) < 4.78 is 0. The maximum Gasteiger partial charge on any atom is 0.0849 e. The van der Waals surface area contributed by atoms with E-state index in [1.807, 2.05) is 18.2 Å². The van der Waals surface area contributed by atoms with Crippen LogP contribution in [0.4, 0.5) is 11.4 Å². The van der Waals surface area contributed by atoms with Crippen LogP contribution < -0.4 is 0 Å². The number of rotatable bonds is 10. The van der Waals surface area contributed by atoms with Crippen LogP contribution in [0.5, 0.6) is 0 Å². The Kier molecular flexibility index (Phi) is 10.2. The summed E-state index contributed by atoms with van der Waals surface area (Å²) in [5, 5.41) is 0. The van der Waals surface area contributed by atoms with E-state index >= 15 is 0 Å². The Morgan fingerprint density at radius 3 is 1.44 bits per heavy atom. The smallest absolute Gasteiger partial charge is 0.0849 e. The molecule has 3 aromatic rings. The molecule has 0 amide bonds. The Hall–Kier alpha value is -3.33. The largest absolute Gasteiger partial charge is 0.251 e. The third-order valence-electron chi connectivity index (χ3n) is 7.24. The average molecular weight is 522 g/mol. The van der Waals surface area contributed by atoms with E-state index in [2.05, 4.69) is 112 Å². The first-order chi connectivity index (χ1) is 18.4. The predicted molar refractivity (Wildman–Crippen MR) is 171 cm³/mol. The van der Waals surface area contributed by atoms with Crippen molar-refractivity contribution < 1.29 is 0 Å². The highest BCUT2D eigenvalue weighted by Gasteiger charge is 2.17. The molecule has 2 aromatic carbocycles. The number of aliphatic imine (C=N–C) groups is 2. The third kappa shape index (κ3) is 7.20. The van der Waals surface area contributed by atoms with Crippen LogP contribution in [0.25, 0.3) is 0 Å². The summed E-state index contributed by atoms with van der Waals surface area (Å²) in [5.41, 5.74) is 12.1. The molecule has 0 fully saturated rings. The predicted octanol–water partition coefficient (Wildman–Crippen LogP) is 10.6. The summed E-state index contributed by atoms with van der Waals surface area (Å²) in [5.74, 6) is 1.52. The number of para-hydroxylation sites is 1. The molecule has 0 radical (unpaired) electrons. The highest BCUT2D eigenvalue weighted by Crippen LogP contribution is 2.37. The Balaban J connectivity index is 2.11. The Labute approximate surface area is 237 Å². The molecule has 0 aliphatic carbocycles. The van der Waals surface area contributed by atoms with Gasteiger partial charge < -0.3 is 0 Å². The van der Waals surface area contributed by atoms with Gasteiger partial charge in [-0.15, -0.1) is 6.58 Å². The fourth-order valence-electron chi connectivity index (χ4n) is 4.97. The molecule has 0 aliphatic rings. The summed E-state index contributed by atoms with van der Waals surface area (Å²) in [4.78, 5) is 15.4. The van der Waals surface area contributed by atoms with Crippen LogP contribution in [0.2, 0.25) is 0 Å². The lowest BCUT2D eigenvalue weighted by molar-refractivity contribution is 0.830. The second-order valence-corrected chi connectivity index (χ2v) is 11.8. The number of pyridine rings is 1. The highest BCUT2D eigenvalue weighted by molar-refractivity contribution is 6.02. The topological polar surface area (TPSA) is 37.6 Å². The van der Waals surface area contributed by atoms with Crippen molar-refractivity contribution in [1.82, 2.24) is 4.98 Å². The molecule has 39 heavy (non-hydrogen) atoms. The molecule has 1 heterocycles. The van der Waals surface area contributed by atoms with Gasteiger partial charge in [0.05, 0.1) is 34.2 Å². The van der Waals surface area contributed by atoms with Gasteiger partial charge in [0.2, 0.25) is 0 Å². The van der Waals surface area contributed by atoms with Gasteiger partial charge in [-0.25, -0.2) is 4.98 Å². The van der Waals surface area contributed by atoms with Crippen LogP contribution in [0.15, 0.2) is 71.2 Å². The zero-order valence-corrected chi connectivity index (χ0v) is 25.8. The summed E-state index contributed by atoms with van der Waals surface area (Å²) in [6, 6.07) is 17.3. The molecule has 3 rings (SSSR count). The van der Waals surface area contributed by atoms with Gasteiger partial charge in [-0.3, -0.25) is 9.98 Å². The van der Waals surface area contributed by atoms with Crippen molar-refractivity contribution in [2.45, 2.75) is 99.3 Å². The van der Waals surface area contributed by atoms with E-state index in [-0.39, 0.29) is 0 Å². The van der Waals surface area contributed by atoms with Gasteiger partial charge in [0.25, 0.3) is 0 Å². The van der Waals surface area contributed by atoms with Gasteiger partial charge >= 0.3 is 0 Å². The zero-order chi connectivity index (χ0) is 28.9. The van der Waals surface area contributed by atoms with Crippen LogP contribution >= 0.6 is 0 Å². The van der Waals surface area contributed by atoms with Crippen LogP contribution in [0.3, 0.4) is 0 Å². The van der Waals surface area contributed by atoms with E-state index in [4.69, 9.17) is 15.0 Å². The van der Waals surface area contributed by atoms with Gasteiger partial charge in [0.1, 0.15) is 0 Å². The minimum Gasteiger partial charge on any atom is -0.251 e. The molecular formula is C36H47N3. The van der Waals surface area contributed by atoms with E-state index in [0.29, 0.717) is 23.7 Å². The number of allylic oxidation sites excluding steroid dienone is 1. The first kappa shape index (κ1) is 30.2. The molecule has 0 atom stereocenters. The lowest BCUT2D eigenvalue weighted by Gasteiger charge is -2.19. The number of aromatic nitrogens is 1. The Morgan fingerprint density at radius 2 is 1.05 bits per heavy atom. The quantitative estimate of drug-likeness (QED) is 0.193. The monoisotopic (exact) mass is 521 g/mol. The molecule has 0 N–H and O–H groups in total. The SMILES string of the molecule is C=CCc1cc(C(C)C)c(/N=C(/C)c2cccc(/C(C)=N/c3c(C(C)C)cccc3C(C)C)n2)c(C(C)C)c1. The van der Waals surface area contributed by atoms with Crippen molar-refractivity contribution >= 4 is 22.8 Å². The van der Waals surface area contributed by atoms with Crippen molar-refractivity contribution in [3.63, 3.8) is 0 Å². The van der Waals surface area contributed by atoms with Crippen molar-refractivity contribution in [2.24, 2.45) is 9.98 Å². The van der Waals surface area contributed by atoms with Crippen LogP contribution in [-0.4, -0.2) is 16.4 Å². The molecule has 1 aromatic heterocycles. The molecular weight excluding hydrogens is 474 g/mol. The maximum absolute atomic E-state index is 5.22. The van der Waals surface area contributed by atoms with Crippen molar-refractivity contribution in [2.75, 3.05) is 0 Å². The molecule has 0 saturated heterocycles. The highest BCUT2D eigenvalue weighted by atomic mass is 14.8. The summed E-state index contributed by atoms with van der Waals surface area (Å²) >= 11 is 0. The standard InChI is InChI=1S/C36H47N3/c1-12-15-28-20-31(24(6)7)36(32(21-28)25(8)9)38-27(11)34-19-14-18-33(39-34)26(10)37-35-29(22(2)3)16-13-17-30(35)23(4)5/h12-14,16-25H,1,15H2,2-11H3/b37-26+,38-27-. The average Bonchev–Trinajstić information content (AvgIpc) is 2.88. The van der Waals surface area contributed by atoms with E-state index in [1.54, 1.807) is 0 Å². The van der Waals surface area contributed by atoms with E-state index in [0.717, 1.165) is 40.6 Å². The summed E-state index contributed by atoms with van der Waals surface area (Å²) in [6.07, 6.45) is 2.84. The van der Waals surface area contributed by atoms with Gasteiger partial charge in [0, 0.05) is 0 Å². The lowest BCUT2D eigenvalue weighted by Crippen LogP contribution is -2.07. The first-order valence-electron chi connectivity index (χ1n) is 14.4. The minimum absolute atomic E-state index is 0.365.